The van der Waals surface area contributed by atoms with Gasteiger partial charge in [-0.2, -0.15) is 0 Å². The van der Waals surface area contributed by atoms with Gasteiger partial charge in [-0.05, 0) is 36.8 Å². The number of carbonyl (C=O) groups is 4. The van der Waals surface area contributed by atoms with E-state index in [4.69, 9.17) is 24.7 Å². The Kier molecular flexibility index (Phi) is 10.8. The van der Waals surface area contributed by atoms with E-state index in [-0.39, 0.29) is 93.1 Å². The number of halogens is 1. The minimum Gasteiger partial charge on any atom is -0.490 e. The van der Waals surface area contributed by atoms with Crippen LogP contribution in [-0.2, 0) is 33.8 Å². The lowest BCUT2D eigenvalue weighted by Gasteiger charge is -2.27. The van der Waals surface area contributed by atoms with Gasteiger partial charge in [0.05, 0.1) is 61.4 Å². The van der Waals surface area contributed by atoms with Crippen molar-refractivity contribution >= 4 is 39.3 Å². The summed E-state index contributed by atoms with van der Waals surface area (Å²) in [6, 6.07) is 6.76. The molecule has 2 aliphatic rings. The molecular weight excluding hydrogens is 591 g/mol. The number of ether oxygens (including phenoxy) is 4. The van der Waals surface area contributed by atoms with Gasteiger partial charge in [0.15, 0.2) is 0 Å². The molecule has 4 N–H and O–H groups in total. The van der Waals surface area contributed by atoms with Gasteiger partial charge in [-0.25, -0.2) is 17.5 Å². The summed E-state index contributed by atoms with van der Waals surface area (Å²) in [5.41, 5.74) is 5.40. The van der Waals surface area contributed by atoms with Crippen molar-refractivity contribution in [2.45, 2.75) is 23.8 Å². The summed E-state index contributed by atoms with van der Waals surface area (Å²) in [6.07, 6.45) is 0.0890. The molecule has 2 aromatic carbocycles. The van der Waals surface area contributed by atoms with Gasteiger partial charge in [0.2, 0.25) is 21.8 Å². The SMILES string of the molecule is Nc1ccc(S(=O)(=O)NCCOCCOCCOCCOc2cccc3c2C(=O)N(C2CCC(=O)NC2=O)C3=O)cc1F. The number of piperidine rings is 1. The van der Waals surface area contributed by atoms with Crippen molar-refractivity contribution in [2.75, 3.05) is 58.5 Å². The van der Waals surface area contributed by atoms with E-state index in [1.54, 1.807) is 12.1 Å². The van der Waals surface area contributed by atoms with Crippen molar-refractivity contribution in [3.63, 3.8) is 0 Å². The summed E-state index contributed by atoms with van der Waals surface area (Å²) in [6.45, 7) is 1.27. The number of nitrogens with two attached hydrogens (primary N) is 1. The topological polar surface area (TPSA) is 193 Å². The second-order valence-corrected chi connectivity index (χ2v) is 11.2. The zero-order valence-corrected chi connectivity index (χ0v) is 23.8. The van der Waals surface area contributed by atoms with E-state index in [1.165, 1.54) is 18.2 Å². The summed E-state index contributed by atoms with van der Waals surface area (Å²) >= 11 is 0. The van der Waals surface area contributed by atoms with Gasteiger partial charge >= 0.3 is 0 Å². The van der Waals surface area contributed by atoms with Gasteiger partial charge in [0.1, 0.15) is 24.2 Å². The number of sulfonamides is 1. The third kappa shape index (κ3) is 7.91. The lowest BCUT2D eigenvalue weighted by molar-refractivity contribution is -0.136. The highest BCUT2D eigenvalue weighted by molar-refractivity contribution is 7.89. The predicted molar refractivity (Wildman–Crippen MR) is 147 cm³/mol. The van der Waals surface area contributed by atoms with E-state index in [1.807, 2.05) is 0 Å². The Labute approximate surface area is 246 Å². The number of anilines is 1. The van der Waals surface area contributed by atoms with Gasteiger partial charge < -0.3 is 24.7 Å². The zero-order chi connectivity index (χ0) is 31.0. The first-order valence-corrected chi connectivity index (χ1v) is 14.8. The molecule has 2 aliphatic heterocycles. The van der Waals surface area contributed by atoms with Crippen LogP contribution in [0.5, 0.6) is 5.75 Å². The first-order valence-electron chi connectivity index (χ1n) is 13.4. The molecule has 0 spiro atoms. The maximum atomic E-state index is 13.5. The Morgan fingerprint density at radius 1 is 0.930 bits per heavy atom. The molecule has 1 fully saturated rings. The summed E-state index contributed by atoms with van der Waals surface area (Å²) in [5.74, 6) is -3.04. The highest BCUT2D eigenvalue weighted by atomic mass is 32.2. The van der Waals surface area contributed by atoms with Crippen molar-refractivity contribution < 1.29 is 50.9 Å². The van der Waals surface area contributed by atoms with Crippen LogP contribution in [0.1, 0.15) is 33.6 Å². The number of fused-ring (bicyclic) bond motifs is 1. The number of amides is 4. The maximum Gasteiger partial charge on any atom is 0.266 e. The van der Waals surface area contributed by atoms with Crippen LogP contribution in [-0.4, -0.2) is 95.8 Å². The second kappa shape index (κ2) is 14.5. The molecule has 4 amide bonds. The third-order valence-corrected chi connectivity index (χ3v) is 7.94. The van der Waals surface area contributed by atoms with E-state index in [2.05, 4.69) is 10.0 Å². The fraction of sp³-hybridized carbons (Fsp3) is 0.407. The average Bonchev–Trinajstić information content (AvgIpc) is 3.22. The zero-order valence-electron chi connectivity index (χ0n) is 23.0. The number of nitrogen functional groups attached to an aromatic ring is 1. The van der Waals surface area contributed by atoms with Crippen LogP contribution >= 0.6 is 0 Å². The van der Waals surface area contributed by atoms with E-state index in [0.29, 0.717) is 0 Å². The lowest BCUT2D eigenvalue weighted by atomic mass is 10.0. The van der Waals surface area contributed by atoms with Crippen molar-refractivity contribution in [1.29, 1.82) is 0 Å². The van der Waals surface area contributed by atoms with Crippen molar-refractivity contribution in [2.24, 2.45) is 0 Å². The van der Waals surface area contributed by atoms with Crippen LogP contribution in [0.2, 0.25) is 0 Å². The molecule has 232 valence electrons. The van der Waals surface area contributed by atoms with Gasteiger partial charge in [0.25, 0.3) is 11.8 Å². The van der Waals surface area contributed by atoms with Crippen molar-refractivity contribution in [3.8, 4) is 5.75 Å². The van der Waals surface area contributed by atoms with Crippen LogP contribution in [0.4, 0.5) is 10.1 Å². The van der Waals surface area contributed by atoms with Crippen LogP contribution in [0.3, 0.4) is 0 Å². The quantitative estimate of drug-likeness (QED) is 0.132. The summed E-state index contributed by atoms with van der Waals surface area (Å²) in [5, 5.41) is 2.16. The first kappa shape index (κ1) is 32.0. The minimum absolute atomic E-state index is 0.0171. The standard InChI is InChI=1S/C27H31FN4O10S/c28-19-16-17(4-5-20(19)29)43(37,38)30-8-9-39-10-11-40-12-13-41-14-15-42-22-3-1-2-18-24(22)27(36)32(26(18)35)21-6-7-23(33)31-25(21)34/h1-5,16,21,30H,6-15,29H2,(H,31,33,34). The molecule has 0 radical (unpaired) electrons. The molecule has 1 unspecified atom stereocenters. The number of nitrogens with one attached hydrogen (secondary N) is 2. The molecule has 16 heteroatoms. The van der Waals surface area contributed by atoms with Crippen molar-refractivity contribution in [1.82, 2.24) is 14.9 Å². The second-order valence-electron chi connectivity index (χ2n) is 9.39. The number of imide groups is 2. The Morgan fingerprint density at radius 2 is 1.60 bits per heavy atom. The number of nitrogens with zero attached hydrogens (tertiary/aromatic N) is 1. The van der Waals surface area contributed by atoms with E-state index >= 15 is 0 Å². The van der Waals surface area contributed by atoms with Gasteiger partial charge in [-0.1, -0.05) is 6.07 Å². The number of benzene rings is 2. The summed E-state index contributed by atoms with van der Waals surface area (Å²) in [7, 11) is -3.89. The number of carbonyl (C=O) groups excluding carboxylic acids is 4. The van der Waals surface area contributed by atoms with E-state index in [0.717, 1.165) is 11.0 Å². The number of hydrogen-bond acceptors (Lipinski definition) is 11. The molecule has 2 heterocycles. The molecule has 0 aromatic heterocycles. The fourth-order valence-electron chi connectivity index (χ4n) is 4.36. The predicted octanol–water partition coefficient (Wildman–Crippen LogP) is 0.216. The van der Waals surface area contributed by atoms with E-state index in [9.17, 15) is 32.0 Å². The van der Waals surface area contributed by atoms with Gasteiger partial charge in [-0.3, -0.25) is 29.4 Å². The molecule has 2 aromatic rings. The van der Waals surface area contributed by atoms with Crippen LogP contribution in [0.25, 0.3) is 0 Å². The lowest BCUT2D eigenvalue weighted by Crippen LogP contribution is -2.54. The Hall–Kier alpha value is -3.96. The molecule has 1 saturated heterocycles. The highest BCUT2D eigenvalue weighted by Crippen LogP contribution is 2.33. The van der Waals surface area contributed by atoms with Crippen LogP contribution < -0.4 is 20.5 Å². The summed E-state index contributed by atoms with van der Waals surface area (Å²) in [4.78, 5) is 50.2. The Morgan fingerprint density at radius 3 is 2.28 bits per heavy atom. The molecule has 4 rings (SSSR count). The van der Waals surface area contributed by atoms with Crippen LogP contribution in [0, 0.1) is 5.82 Å². The van der Waals surface area contributed by atoms with Gasteiger partial charge in [-0.15, -0.1) is 0 Å². The molecule has 0 aliphatic carbocycles. The normalized spacial score (nSPS) is 16.9. The number of hydrogen-bond donors (Lipinski definition) is 3. The first-order chi connectivity index (χ1) is 20.6. The minimum atomic E-state index is -3.89. The third-order valence-electron chi connectivity index (χ3n) is 6.48. The molecule has 0 saturated carbocycles. The molecule has 0 bridgehead atoms. The average molecular weight is 623 g/mol. The summed E-state index contributed by atoms with van der Waals surface area (Å²) < 4.78 is 61.9. The number of rotatable bonds is 16. The molecule has 43 heavy (non-hydrogen) atoms. The molecule has 14 nitrogen and oxygen atoms in total. The molecular formula is C27H31FN4O10S. The Bertz CT molecular complexity index is 1490. The smallest absolute Gasteiger partial charge is 0.266 e. The maximum absolute atomic E-state index is 13.5. The highest BCUT2D eigenvalue weighted by Gasteiger charge is 2.46. The fourth-order valence-corrected chi connectivity index (χ4v) is 5.39. The molecule has 1 atom stereocenters. The monoisotopic (exact) mass is 622 g/mol. The Balaban J connectivity index is 1.07. The largest absolute Gasteiger partial charge is 0.490 e. The van der Waals surface area contributed by atoms with Crippen molar-refractivity contribution in [3.05, 3.63) is 53.3 Å². The van der Waals surface area contributed by atoms with Gasteiger partial charge in [0, 0.05) is 13.0 Å². The van der Waals surface area contributed by atoms with Crippen LogP contribution in [0.15, 0.2) is 41.3 Å². The van der Waals surface area contributed by atoms with E-state index < -0.39 is 45.5 Å².